The van der Waals surface area contributed by atoms with Gasteiger partial charge in [-0.05, 0) is 31.1 Å². The Kier molecular flexibility index (Phi) is 4.30. The van der Waals surface area contributed by atoms with Gasteiger partial charge in [0.2, 0.25) is 0 Å². The van der Waals surface area contributed by atoms with Crippen molar-refractivity contribution in [2.75, 3.05) is 13.2 Å². The number of hydrogen-bond donors (Lipinski definition) is 0. The molecule has 0 aliphatic heterocycles. The van der Waals surface area contributed by atoms with Crippen LogP contribution in [0.4, 0.5) is 0 Å². The van der Waals surface area contributed by atoms with Gasteiger partial charge in [0.1, 0.15) is 0 Å². The Hall–Kier alpha value is -0.0400. The third-order valence-corrected chi connectivity index (χ3v) is 3.40. The van der Waals surface area contributed by atoms with Gasteiger partial charge in [0.25, 0.3) is 0 Å². The minimum Gasteiger partial charge on any atom is -0.381 e. The van der Waals surface area contributed by atoms with Gasteiger partial charge in [0.05, 0.1) is 0 Å². The zero-order valence-electron chi connectivity index (χ0n) is 9.34. The third-order valence-electron chi connectivity index (χ3n) is 3.40. The molecule has 2 fully saturated rings. The van der Waals surface area contributed by atoms with E-state index < -0.39 is 0 Å². The van der Waals surface area contributed by atoms with Gasteiger partial charge in [-0.2, -0.15) is 0 Å². The summed E-state index contributed by atoms with van der Waals surface area (Å²) in [5.74, 6) is 2.06. The summed E-state index contributed by atoms with van der Waals surface area (Å²) in [4.78, 5) is 0. The van der Waals surface area contributed by atoms with Crippen molar-refractivity contribution in [2.45, 2.75) is 57.8 Å². The first-order valence-electron chi connectivity index (χ1n) is 6.53. The van der Waals surface area contributed by atoms with Gasteiger partial charge in [0.15, 0.2) is 0 Å². The highest BCUT2D eigenvalue weighted by molar-refractivity contribution is 4.72. The van der Waals surface area contributed by atoms with Crippen molar-refractivity contribution < 1.29 is 4.74 Å². The van der Waals surface area contributed by atoms with Gasteiger partial charge in [-0.15, -0.1) is 0 Å². The SMILES string of the molecule is C(CCCC1CC1)CCOCC1CC1. The normalized spacial score (nSPS) is 21.4. The fourth-order valence-corrected chi connectivity index (χ4v) is 1.93. The molecule has 0 heterocycles. The van der Waals surface area contributed by atoms with Crippen LogP contribution in [-0.2, 0) is 4.74 Å². The third kappa shape index (κ3) is 4.99. The molecule has 0 spiro atoms. The van der Waals surface area contributed by atoms with Gasteiger partial charge in [-0.25, -0.2) is 0 Å². The van der Waals surface area contributed by atoms with Crippen LogP contribution in [0.15, 0.2) is 0 Å². The molecule has 0 aromatic heterocycles. The Bertz CT molecular complexity index is 129. The van der Waals surface area contributed by atoms with E-state index in [9.17, 15) is 0 Å². The number of ether oxygens (including phenoxy) is 1. The highest BCUT2D eigenvalue weighted by Crippen LogP contribution is 2.34. The maximum atomic E-state index is 5.60. The molecule has 2 aliphatic rings. The summed E-state index contributed by atoms with van der Waals surface area (Å²) in [6, 6.07) is 0. The summed E-state index contributed by atoms with van der Waals surface area (Å²) < 4.78 is 5.60. The van der Waals surface area contributed by atoms with Gasteiger partial charge in [0, 0.05) is 13.2 Å². The maximum Gasteiger partial charge on any atom is 0.0494 e. The summed E-state index contributed by atoms with van der Waals surface area (Å²) >= 11 is 0. The molecule has 2 aliphatic carbocycles. The molecule has 0 aromatic rings. The molecular weight excluding hydrogens is 172 g/mol. The summed E-state index contributed by atoms with van der Waals surface area (Å²) in [5.41, 5.74) is 0. The van der Waals surface area contributed by atoms with Crippen LogP contribution < -0.4 is 0 Å². The molecule has 0 N–H and O–H groups in total. The van der Waals surface area contributed by atoms with Crippen molar-refractivity contribution in [2.24, 2.45) is 11.8 Å². The quantitative estimate of drug-likeness (QED) is 0.510. The molecule has 1 heteroatoms. The molecule has 0 unspecified atom stereocenters. The van der Waals surface area contributed by atoms with E-state index in [4.69, 9.17) is 4.74 Å². The van der Waals surface area contributed by atoms with E-state index in [-0.39, 0.29) is 0 Å². The number of hydrogen-bond acceptors (Lipinski definition) is 1. The molecule has 14 heavy (non-hydrogen) atoms. The Morgan fingerprint density at radius 1 is 0.786 bits per heavy atom. The minimum absolute atomic E-state index is 0.935. The van der Waals surface area contributed by atoms with Crippen LogP contribution >= 0.6 is 0 Å². The molecule has 0 amide bonds. The first-order valence-corrected chi connectivity index (χ1v) is 6.53. The zero-order chi connectivity index (χ0) is 9.64. The molecule has 0 aromatic carbocycles. The Labute approximate surface area is 88.2 Å². The van der Waals surface area contributed by atoms with E-state index in [0.717, 1.165) is 25.0 Å². The average molecular weight is 196 g/mol. The van der Waals surface area contributed by atoms with E-state index in [1.165, 1.54) is 57.8 Å². The fourth-order valence-electron chi connectivity index (χ4n) is 1.93. The van der Waals surface area contributed by atoms with Crippen LogP contribution in [0.2, 0.25) is 0 Å². The smallest absolute Gasteiger partial charge is 0.0494 e. The lowest BCUT2D eigenvalue weighted by molar-refractivity contribution is 0.120. The summed E-state index contributed by atoms with van der Waals surface area (Å²) in [7, 11) is 0. The van der Waals surface area contributed by atoms with Crippen molar-refractivity contribution in [3.63, 3.8) is 0 Å². The predicted molar refractivity (Wildman–Crippen MR) is 59.4 cm³/mol. The molecule has 2 rings (SSSR count). The van der Waals surface area contributed by atoms with Gasteiger partial charge in [-0.3, -0.25) is 0 Å². The number of rotatable bonds is 9. The van der Waals surface area contributed by atoms with Crippen molar-refractivity contribution in [1.29, 1.82) is 0 Å². The first kappa shape index (κ1) is 10.5. The molecule has 0 bridgehead atoms. The van der Waals surface area contributed by atoms with Gasteiger partial charge < -0.3 is 4.74 Å². The molecule has 1 nitrogen and oxygen atoms in total. The largest absolute Gasteiger partial charge is 0.381 e. The predicted octanol–water partition coefficient (Wildman–Crippen LogP) is 3.77. The highest BCUT2D eigenvalue weighted by Gasteiger charge is 2.21. The van der Waals surface area contributed by atoms with Crippen molar-refractivity contribution >= 4 is 0 Å². The molecular formula is C13H24O. The van der Waals surface area contributed by atoms with Gasteiger partial charge >= 0.3 is 0 Å². The zero-order valence-corrected chi connectivity index (χ0v) is 9.34. The maximum absolute atomic E-state index is 5.60. The molecule has 82 valence electrons. The van der Waals surface area contributed by atoms with Crippen LogP contribution in [0, 0.1) is 11.8 Å². The van der Waals surface area contributed by atoms with Crippen LogP contribution in [0.1, 0.15) is 57.8 Å². The summed E-state index contributed by atoms with van der Waals surface area (Å²) in [6.45, 7) is 2.06. The second-order valence-corrected chi connectivity index (χ2v) is 5.16. The van der Waals surface area contributed by atoms with Crippen molar-refractivity contribution in [3.8, 4) is 0 Å². The van der Waals surface area contributed by atoms with Crippen molar-refractivity contribution in [1.82, 2.24) is 0 Å². The molecule has 0 saturated heterocycles. The van der Waals surface area contributed by atoms with E-state index in [0.29, 0.717) is 0 Å². The van der Waals surface area contributed by atoms with Crippen LogP contribution in [0.5, 0.6) is 0 Å². The van der Waals surface area contributed by atoms with Crippen LogP contribution in [-0.4, -0.2) is 13.2 Å². The minimum atomic E-state index is 0.935. The Morgan fingerprint density at radius 3 is 2.21 bits per heavy atom. The lowest BCUT2D eigenvalue weighted by atomic mass is 10.1. The standard InChI is InChI=1S/C13H24O/c1(3-5-12-6-7-12)2-4-10-14-11-13-8-9-13/h12-13H,1-11H2. The molecule has 0 atom stereocenters. The molecule has 0 radical (unpaired) electrons. The summed E-state index contributed by atoms with van der Waals surface area (Å²) in [6.07, 6.45) is 13.0. The lowest BCUT2D eigenvalue weighted by Crippen LogP contribution is -1.98. The van der Waals surface area contributed by atoms with Crippen LogP contribution in [0.25, 0.3) is 0 Å². The summed E-state index contributed by atoms with van der Waals surface area (Å²) in [5, 5.41) is 0. The average Bonchev–Trinajstić information content (AvgIpc) is 3.00. The Morgan fingerprint density at radius 2 is 1.50 bits per heavy atom. The monoisotopic (exact) mass is 196 g/mol. The second-order valence-electron chi connectivity index (χ2n) is 5.16. The van der Waals surface area contributed by atoms with Gasteiger partial charge in [-0.1, -0.05) is 38.5 Å². The topological polar surface area (TPSA) is 9.23 Å². The Balaban J connectivity index is 1.25. The fraction of sp³-hybridized carbons (Fsp3) is 1.00. The van der Waals surface area contributed by atoms with Crippen molar-refractivity contribution in [3.05, 3.63) is 0 Å². The first-order chi connectivity index (χ1) is 6.95. The molecule has 2 saturated carbocycles. The van der Waals surface area contributed by atoms with E-state index in [1.54, 1.807) is 0 Å². The van der Waals surface area contributed by atoms with E-state index >= 15 is 0 Å². The lowest BCUT2D eigenvalue weighted by Gasteiger charge is -2.02. The highest BCUT2D eigenvalue weighted by atomic mass is 16.5. The van der Waals surface area contributed by atoms with E-state index in [2.05, 4.69) is 0 Å². The van der Waals surface area contributed by atoms with E-state index in [1.807, 2.05) is 0 Å². The second kappa shape index (κ2) is 5.75. The number of unbranched alkanes of at least 4 members (excludes halogenated alkanes) is 3. The van der Waals surface area contributed by atoms with Crippen LogP contribution in [0.3, 0.4) is 0 Å².